The number of hydrogen-bond donors (Lipinski definition) is 1. The zero-order valence-corrected chi connectivity index (χ0v) is 16.0. The Morgan fingerprint density at radius 2 is 1.89 bits per heavy atom. The molecule has 1 aliphatic carbocycles. The summed E-state index contributed by atoms with van der Waals surface area (Å²) in [5, 5.41) is 0. The molecular formula is C20H26N2O5. The Labute approximate surface area is 157 Å². The van der Waals surface area contributed by atoms with Gasteiger partial charge < -0.3 is 14.2 Å². The molecule has 146 valence electrons. The Morgan fingerprint density at radius 3 is 2.52 bits per heavy atom. The van der Waals surface area contributed by atoms with E-state index in [1.807, 2.05) is 25.1 Å². The maximum absolute atomic E-state index is 12.4. The second-order valence-electron chi connectivity index (χ2n) is 6.78. The van der Waals surface area contributed by atoms with Gasteiger partial charge >= 0.3 is 5.69 Å². The largest absolute Gasteiger partial charge is 0.493 e. The number of aromatic amines is 1. The van der Waals surface area contributed by atoms with Gasteiger partial charge in [-0.3, -0.25) is 14.3 Å². The third-order valence-corrected chi connectivity index (χ3v) is 4.86. The predicted octanol–water partition coefficient (Wildman–Crippen LogP) is 2.09. The third-order valence-electron chi connectivity index (χ3n) is 4.86. The van der Waals surface area contributed by atoms with Gasteiger partial charge in [0.2, 0.25) is 0 Å². The molecule has 27 heavy (non-hydrogen) atoms. The van der Waals surface area contributed by atoms with E-state index in [9.17, 15) is 9.59 Å². The van der Waals surface area contributed by atoms with Crippen LogP contribution in [0.25, 0.3) is 0 Å². The Bertz CT molecular complexity index is 912. The first kappa shape index (κ1) is 19.2. The Hall–Kier alpha value is -2.54. The average Bonchev–Trinajstić information content (AvgIpc) is 3.48. The van der Waals surface area contributed by atoms with Crippen LogP contribution >= 0.6 is 0 Å². The minimum atomic E-state index is -0.441. The predicted molar refractivity (Wildman–Crippen MR) is 102 cm³/mol. The summed E-state index contributed by atoms with van der Waals surface area (Å²) in [7, 11) is 3.16. The molecular weight excluding hydrogens is 348 g/mol. The van der Waals surface area contributed by atoms with Crippen molar-refractivity contribution in [3.63, 3.8) is 0 Å². The minimum absolute atomic E-state index is 0.141. The number of H-pyrrole nitrogens is 1. The molecule has 1 heterocycles. The first-order valence-corrected chi connectivity index (χ1v) is 9.20. The van der Waals surface area contributed by atoms with Crippen LogP contribution in [-0.4, -0.2) is 30.4 Å². The molecule has 0 unspecified atom stereocenters. The summed E-state index contributed by atoms with van der Waals surface area (Å²) in [6, 6.07) is 5.58. The lowest BCUT2D eigenvalue weighted by atomic mass is 10.0. The van der Waals surface area contributed by atoms with Crippen molar-refractivity contribution in [2.24, 2.45) is 5.92 Å². The van der Waals surface area contributed by atoms with Crippen LogP contribution < -0.4 is 20.7 Å². The fraction of sp³-hybridized carbons (Fsp3) is 0.500. The molecule has 7 heteroatoms. The van der Waals surface area contributed by atoms with E-state index in [4.69, 9.17) is 14.2 Å². The van der Waals surface area contributed by atoms with E-state index in [0.29, 0.717) is 48.1 Å². The molecule has 1 saturated carbocycles. The molecule has 1 N–H and O–H groups in total. The summed E-state index contributed by atoms with van der Waals surface area (Å²) < 4.78 is 17.9. The van der Waals surface area contributed by atoms with Gasteiger partial charge in [-0.1, -0.05) is 13.0 Å². The Morgan fingerprint density at radius 1 is 1.15 bits per heavy atom. The van der Waals surface area contributed by atoms with Gasteiger partial charge in [0.1, 0.15) is 6.73 Å². The van der Waals surface area contributed by atoms with Gasteiger partial charge in [-0.15, -0.1) is 0 Å². The second kappa shape index (κ2) is 8.43. The molecule has 1 fully saturated rings. The second-order valence-corrected chi connectivity index (χ2v) is 6.78. The SMILES string of the molecule is CCc1c(Cc2ccc(OC)c(OC)c2)n(COCC2CC2)c(=O)[nH]c1=O. The molecule has 3 rings (SSSR count). The lowest BCUT2D eigenvalue weighted by Crippen LogP contribution is -2.36. The number of methoxy groups -OCH3 is 2. The number of ether oxygens (including phenoxy) is 3. The van der Waals surface area contributed by atoms with Gasteiger partial charge in [0, 0.05) is 17.7 Å². The highest BCUT2D eigenvalue weighted by Crippen LogP contribution is 2.29. The lowest BCUT2D eigenvalue weighted by Gasteiger charge is -2.17. The Balaban J connectivity index is 1.96. The highest BCUT2D eigenvalue weighted by Gasteiger charge is 2.22. The summed E-state index contributed by atoms with van der Waals surface area (Å²) in [4.78, 5) is 27.1. The van der Waals surface area contributed by atoms with Crippen molar-refractivity contribution in [2.75, 3.05) is 20.8 Å². The summed E-state index contributed by atoms with van der Waals surface area (Å²) in [6.45, 7) is 2.69. The molecule has 1 aromatic carbocycles. The van der Waals surface area contributed by atoms with Crippen LogP contribution in [0.15, 0.2) is 27.8 Å². The fourth-order valence-electron chi connectivity index (χ4n) is 3.14. The van der Waals surface area contributed by atoms with Crippen molar-refractivity contribution >= 4 is 0 Å². The van der Waals surface area contributed by atoms with E-state index in [1.54, 1.807) is 14.2 Å². The molecule has 2 aromatic rings. The number of hydrogen-bond acceptors (Lipinski definition) is 5. The number of benzene rings is 1. The molecule has 0 spiro atoms. The van der Waals surface area contributed by atoms with Gasteiger partial charge in [-0.25, -0.2) is 4.79 Å². The quantitative estimate of drug-likeness (QED) is 0.727. The first-order valence-electron chi connectivity index (χ1n) is 9.20. The maximum Gasteiger partial charge on any atom is 0.330 e. The molecule has 0 amide bonds. The molecule has 0 saturated heterocycles. The van der Waals surface area contributed by atoms with Crippen molar-refractivity contribution in [3.05, 3.63) is 55.9 Å². The van der Waals surface area contributed by atoms with Gasteiger partial charge in [0.15, 0.2) is 11.5 Å². The smallest absolute Gasteiger partial charge is 0.330 e. The molecule has 0 bridgehead atoms. The van der Waals surface area contributed by atoms with Crippen molar-refractivity contribution in [2.45, 2.75) is 39.3 Å². The van der Waals surface area contributed by atoms with Crippen molar-refractivity contribution in [1.82, 2.24) is 9.55 Å². The van der Waals surface area contributed by atoms with Crippen LogP contribution in [0.2, 0.25) is 0 Å². The van der Waals surface area contributed by atoms with Crippen LogP contribution in [0.3, 0.4) is 0 Å². The number of aromatic nitrogens is 2. The maximum atomic E-state index is 12.4. The van der Waals surface area contributed by atoms with E-state index in [-0.39, 0.29) is 12.3 Å². The first-order chi connectivity index (χ1) is 13.1. The average molecular weight is 374 g/mol. The van der Waals surface area contributed by atoms with E-state index >= 15 is 0 Å². The van der Waals surface area contributed by atoms with Gasteiger partial charge in [0.25, 0.3) is 5.56 Å². The standard InChI is InChI=1S/C20H26N2O5/c1-4-15-16(9-14-7-8-17(25-2)18(10-14)26-3)22(20(24)21-19(15)23)12-27-11-13-5-6-13/h7-8,10,13H,4-6,9,11-12H2,1-3H3,(H,21,23,24). The van der Waals surface area contributed by atoms with Gasteiger partial charge in [0.05, 0.1) is 20.8 Å². The zero-order valence-electron chi connectivity index (χ0n) is 16.0. The molecule has 0 radical (unpaired) electrons. The summed E-state index contributed by atoms with van der Waals surface area (Å²) >= 11 is 0. The fourth-order valence-corrected chi connectivity index (χ4v) is 3.14. The van der Waals surface area contributed by atoms with Crippen LogP contribution in [-0.2, 0) is 24.3 Å². The topological polar surface area (TPSA) is 82.6 Å². The van der Waals surface area contributed by atoms with E-state index in [2.05, 4.69) is 4.98 Å². The Kier molecular flexibility index (Phi) is 6.01. The summed E-state index contributed by atoms with van der Waals surface area (Å²) in [5.41, 5.74) is 1.41. The van der Waals surface area contributed by atoms with Gasteiger partial charge in [-0.2, -0.15) is 0 Å². The molecule has 0 aliphatic heterocycles. The number of nitrogens with zero attached hydrogens (tertiary/aromatic N) is 1. The van der Waals surface area contributed by atoms with E-state index in [1.165, 1.54) is 17.4 Å². The van der Waals surface area contributed by atoms with E-state index in [0.717, 1.165) is 5.56 Å². The monoisotopic (exact) mass is 374 g/mol. The molecule has 1 aromatic heterocycles. The normalized spacial score (nSPS) is 13.6. The van der Waals surface area contributed by atoms with Crippen LogP contribution in [0.1, 0.15) is 36.6 Å². The summed E-state index contributed by atoms with van der Waals surface area (Å²) in [5.74, 6) is 1.84. The molecule has 7 nitrogen and oxygen atoms in total. The highest BCUT2D eigenvalue weighted by molar-refractivity contribution is 5.44. The van der Waals surface area contributed by atoms with Crippen LogP contribution in [0, 0.1) is 5.92 Å². The number of nitrogens with one attached hydrogen (secondary N) is 1. The van der Waals surface area contributed by atoms with Crippen molar-refractivity contribution < 1.29 is 14.2 Å². The highest BCUT2D eigenvalue weighted by atomic mass is 16.5. The summed E-state index contributed by atoms with van der Waals surface area (Å²) in [6.07, 6.45) is 3.31. The van der Waals surface area contributed by atoms with Crippen molar-refractivity contribution in [3.8, 4) is 11.5 Å². The molecule has 0 atom stereocenters. The van der Waals surface area contributed by atoms with Crippen molar-refractivity contribution in [1.29, 1.82) is 0 Å². The molecule has 1 aliphatic rings. The lowest BCUT2D eigenvalue weighted by molar-refractivity contribution is 0.0640. The van der Waals surface area contributed by atoms with E-state index < -0.39 is 5.69 Å². The zero-order chi connectivity index (χ0) is 19.4. The van der Waals surface area contributed by atoms with Crippen LogP contribution in [0.5, 0.6) is 11.5 Å². The third kappa shape index (κ3) is 4.42. The number of rotatable bonds is 9. The van der Waals surface area contributed by atoms with Gasteiger partial charge in [-0.05, 0) is 42.9 Å². The minimum Gasteiger partial charge on any atom is -0.493 e. The van der Waals surface area contributed by atoms with Crippen LogP contribution in [0.4, 0.5) is 0 Å².